The predicted octanol–water partition coefficient (Wildman–Crippen LogP) is 4.71. The molecule has 0 bridgehead atoms. The Kier molecular flexibility index (Phi) is 6.93. The number of likely N-dealkylation sites (tertiary alicyclic amines) is 1. The van der Waals surface area contributed by atoms with E-state index in [-0.39, 0.29) is 0 Å². The zero-order valence-corrected chi connectivity index (χ0v) is 20.8. The van der Waals surface area contributed by atoms with Crippen LogP contribution in [-0.2, 0) is 17.8 Å². The number of rotatable bonds is 8. The van der Waals surface area contributed by atoms with E-state index in [9.17, 15) is 0 Å². The van der Waals surface area contributed by atoms with Gasteiger partial charge in [0.25, 0.3) is 0 Å². The van der Waals surface area contributed by atoms with Crippen LogP contribution in [-0.4, -0.2) is 58.0 Å². The number of ether oxygens (including phenoxy) is 3. The maximum Gasteiger partial charge on any atom is 0.231 e. The van der Waals surface area contributed by atoms with E-state index >= 15 is 0 Å². The molecule has 8 heteroatoms. The third-order valence-corrected chi connectivity index (χ3v) is 8.25. The molecule has 0 unspecified atom stereocenters. The average molecular weight is 493 g/mol. The van der Waals surface area contributed by atoms with Crippen molar-refractivity contribution in [3.63, 3.8) is 0 Å². The van der Waals surface area contributed by atoms with Crippen molar-refractivity contribution < 1.29 is 14.2 Å². The predicted molar refractivity (Wildman–Crippen MR) is 135 cm³/mol. The molecule has 7 nitrogen and oxygen atoms in total. The molecule has 2 saturated heterocycles. The van der Waals surface area contributed by atoms with Crippen LogP contribution in [0.2, 0.25) is 0 Å². The van der Waals surface area contributed by atoms with Gasteiger partial charge >= 0.3 is 0 Å². The topological polar surface area (TPSA) is 61.6 Å². The van der Waals surface area contributed by atoms with Crippen LogP contribution in [0.5, 0.6) is 11.5 Å². The molecule has 3 aromatic rings. The summed E-state index contributed by atoms with van der Waals surface area (Å²) in [7, 11) is 0. The fourth-order valence-corrected chi connectivity index (χ4v) is 6.22. The summed E-state index contributed by atoms with van der Waals surface area (Å²) in [5.74, 6) is 4.21. The van der Waals surface area contributed by atoms with Crippen molar-refractivity contribution in [2.45, 2.75) is 56.0 Å². The first-order valence-corrected chi connectivity index (χ1v) is 13.6. The molecule has 3 aliphatic heterocycles. The molecule has 0 aliphatic carbocycles. The highest BCUT2D eigenvalue weighted by Gasteiger charge is 2.27. The molecular weight excluding hydrogens is 460 g/mol. The largest absolute Gasteiger partial charge is 0.454 e. The van der Waals surface area contributed by atoms with Crippen LogP contribution in [0, 0.1) is 0 Å². The molecule has 1 aromatic heterocycles. The van der Waals surface area contributed by atoms with Gasteiger partial charge in [0.1, 0.15) is 5.82 Å². The lowest BCUT2D eigenvalue weighted by atomic mass is 9.95. The number of hydrogen-bond donors (Lipinski definition) is 0. The highest BCUT2D eigenvalue weighted by molar-refractivity contribution is 7.99. The smallest absolute Gasteiger partial charge is 0.231 e. The third-order valence-electron chi connectivity index (χ3n) is 7.15. The molecule has 0 N–H and O–H groups in total. The van der Waals surface area contributed by atoms with Crippen LogP contribution in [0.25, 0.3) is 0 Å². The SMILES string of the molecule is c1ccc(Cn2c(SC[C@H]3CCCO3)nnc2C2CCN(Cc3ccc4c(c3)OCO4)CC2)cc1. The van der Waals surface area contributed by atoms with Gasteiger partial charge in [0, 0.05) is 24.8 Å². The molecule has 0 spiro atoms. The van der Waals surface area contributed by atoms with Gasteiger partial charge in [-0.05, 0) is 62.0 Å². The van der Waals surface area contributed by atoms with E-state index < -0.39 is 0 Å². The summed E-state index contributed by atoms with van der Waals surface area (Å²) in [5, 5.41) is 10.4. The monoisotopic (exact) mass is 492 g/mol. The highest BCUT2D eigenvalue weighted by atomic mass is 32.2. The van der Waals surface area contributed by atoms with Gasteiger partial charge in [-0.25, -0.2) is 0 Å². The van der Waals surface area contributed by atoms with Crippen LogP contribution in [0.4, 0.5) is 0 Å². The van der Waals surface area contributed by atoms with Crippen molar-refractivity contribution in [1.29, 1.82) is 0 Å². The molecule has 6 rings (SSSR count). The van der Waals surface area contributed by atoms with Crippen molar-refractivity contribution in [3.8, 4) is 11.5 Å². The van der Waals surface area contributed by atoms with E-state index in [0.717, 1.165) is 86.7 Å². The fraction of sp³-hybridized carbons (Fsp3) is 0.481. The minimum Gasteiger partial charge on any atom is -0.454 e. The van der Waals surface area contributed by atoms with Crippen molar-refractivity contribution in [2.24, 2.45) is 0 Å². The quantitative estimate of drug-likeness (QED) is 0.422. The van der Waals surface area contributed by atoms with E-state index in [4.69, 9.17) is 19.3 Å². The number of piperidine rings is 1. The van der Waals surface area contributed by atoms with E-state index in [1.54, 1.807) is 11.8 Å². The Labute approximate surface area is 210 Å². The number of nitrogens with zero attached hydrogens (tertiary/aromatic N) is 4. The Morgan fingerprint density at radius 2 is 1.74 bits per heavy atom. The van der Waals surface area contributed by atoms with Gasteiger partial charge in [0.15, 0.2) is 16.7 Å². The lowest BCUT2D eigenvalue weighted by Crippen LogP contribution is -2.33. The summed E-state index contributed by atoms with van der Waals surface area (Å²) >= 11 is 1.79. The minimum absolute atomic E-state index is 0.321. The Morgan fingerprint density at radius 3 is 2.57 bits per heavy atom. The van der Waals surface area contributed by atoms with Crippen molar-refractivity contribution >= 4 is 11.8 Å². The van der Waals surface area contributed by atoms with Gasteiger partial charge < -0.3 is 18.8 Å². The second kappa shape index (κ2) is 10.6. The molecule has 0 radical (unpaired) electrons. The summed E-state index contributed by atoms with van der Waals surface area (Å²) in [6.07, 6.45) is 4.83. The van der Waals surface area contributed by atoms with Gasteiger partial charge in [-0.1, -0.05) is 48.2 Å². The molecule has 2 fully saturated rings. The summed E-state index contributed by atoms with van der Waals surface area (Å²) < 4.78 is 19.2. The summed E-state index contributed by atoms with van der Waals surface area (Å²) in [6.45, 7) is 5.06. The Morgan fingerprint density at radius 1 is 0.886 bits per heavy atom. The molecule has 1 atom stereocenters. The maximum absolute atomic E-state index is 5.84. The van der Waals surface area contributed by atoms with E-state index in [0.29, 0.717) is 18.8 Å². The lowest BCUT2D eigenvalue weighted by molar-refractivity contribution is 0.129. The Balaban J connectivity index is 1.13. The molecule has 3 aliphatic rings. The highest BCUT2D eigenvalue weighted by Crippen LogP contribution is 2.34. The van der Waals surface area contributed by atoms with Crippen molar-refractivity contribution in [3.05, 3.63) is 65.5 Å². The first kappa shape index (κ1) is 22.9. The number of hydrogen-bond acceptors (Lipinski definition) is 7. The molecule has 35 heavy (non-hydrogen) atoms. The van der Waals surface area contributed by atoms with E-state index in [2.05, 4.69) is 57.0 Å². The number of thioether (sulfide) groups is 1. The zero-order valence-electron chi connectivity index (χ0n) is 20.0. The van der Waals surface area contributed by atoms with Gasteiger partial charge in [-0.3, -0.25) is 4.90 Å². The first-order valence-electron chi connectivity index (χ1n) is 12.6. The third kappa shape index (κ3) is 5.34. The van der Waals surface area contributed by atoms with E-state index in [1.807, 2.05) is 6.07 Å². The Hall–Kier alpha value is -2.55. The zero-order chi connectivity index (χ0) is 23.5. The second-order valence-electron chi connectivity index (χ2n) is 9.60. The normalized spacial score (nSPS) is 20.5. The van der Waals surface area contributed by atoms with Crippen molar-refractivity contribution in [1.82, 2.24) is 19.7 Å². The van der Waals surface area contributed by atoms with Crippen LogP contribution in [0.15, 0.2) is 53.7 Å². The molecule has 4 heterocycles. The van der Waals surface area contributed by atoms with Crippen molar-refractivity contribution in [2.75, 3.05) is 32.2 Å². The lowest BCUT2D eigenvalue weighted by Gasteiger charge is -2.31. The van der Waals surface area contributed by atoms with Gasteiger partial charge in [-0.15, -0.1) is 10.2 Å². The molecule has 2 aromatic carbocycles. The van der Waals surface area contributed by atoms with Crippen LogP contribution >= 0.6 is 11.8 Å². The average Bonchev–Trinajstić information content (AvgIpc) is 3.65. The van der Waals surface area contributed by atoms with Crippen LogP contribution in [0.1, 0.15) is 48.6 Å². The van der Waals surface area contributed by atoms with Crippen LogP contribution < -0.4 is 9.47 Å². The number of aromatic nitrogens is 3. The number of fused-ring (bicyclic) bond motifs is 1. The first-order chi connectivity index (χ1) is 17.3. The van der Waals surface area contributed by atoms with E-state index in [1.165, 1.54) is 11.1 Å². The molecule has 0 amide bonds. The van der Waals surface area contributed by atoms with Crippen LogP contribution in [0.3, 0.4) is 0 Å². The van der Waals surface area contributed by atoms with Gasteiger partial charge in [0.05, 0.1) is 12.6 Å². The van der Waals surface area contributed by atoms with Gasteiger partial charge in [-0.2, -0.15) is 0 Å². The summed E-state index contributed by atoms with van der Waals surface area (Å²) in [6, 6.07) is 16.9. The second-order valence-corrected chi connectivity index (χ2v) is 10.6. The fourth-order valence-electron chi connectivity index (χ4n) is 5.21. The minimum atomic E-state index is 0.321. The van der Waals surface area contributed by atoms with Gasteiger partial charge in [0.2, 0.25) is 6.79 Å². The molecule has 184 valence electrons. The summed E-state index contributed by atoms with van der Waals surface area (Å²) in [4.78, 5) is 2.53. The number of benzene rings is 2. The molecule has 0 saturated carbocycles. The Bertz CT molecular complexity index is 1120. The summed E-state index contributed by atoms with van der Waals surface area (Å²) in [5.41, 5.74) is 2.56. The molecular formula is C27H32N4O3S. The standard InChI is InChI=1S/C27H32N4O3S/c1-2-5-20(6-3-1)17-31-26(28-29-27(31)35-18-23-7-4-14-32-23)22-10-12-30(13-11-22)16-21-8-9-24-25(15-21)34-19-33-24/h1-3,5-6,8-9,15,22-23H,4,7,10-14,16-19H2/t23-/m1/s1. The maximum atomic E-state index is 5.84.